The molecule has 1 amide bonds. The molecule has 1 heterocycles. The fourth-order valence-electron chi connectivity index (χ4n) is 0.982. The quantitative estimate of drug-likeness (QED) is 0.657. The maximum Gasteiger partial charge on any atom is 0.220 e. The van der Waals surface area contributed by atoms with Crippen LogP contribution < -0.4 is 5.73 Å². The Bertz CT molecular complexity index is 125. The summed E-state index contributed by atoms with van der Waals surface area (Å²) in [5, 5.41) is 0. The number of nitrogens with two attached hydrogens (primary N) is 1. The molecule has 0 aliphatic carbocycles. The lowest BCUT2D eigenvalue weighted by atomic mass is 10.0. The van der Waals surface area contributed by atoms with Crippen molar-refractivity contribution in [2.75, 3.05) is 13.2 Å². The predicted molar refractivity (Wildman–Crippen MR) is 50.8 cm³/mol. The average molecular weight is 175 g/mol. The lowest BCUT2D eigenvalue weighted by molar-refractivity contribution is -0.124. The van der Waals surface area contributed by atoms with Gasteiger partial charge >= 0.3 is 0 Å². The van der Waals surface area contributed by atoms with E-state index in [1.807, 2.05) is 0 Å². The summed E-state index contributed by atoms with van der Waals surface area (Å²) in [7, 11) is 0. The molecule has 3 nitrogen and oxygen atoms in total. The van der Waals surface area contributed by atoms with Crippen molar-refractivity contribution in [2.24, 2.45) is 11.7 Å². The molecule has 1 aliphatic heterocycles. The molecule has 0 bridgehead atoms. The Morgan fingerprint density at radius 1 is 1.50 bits per heavy atom. The summed E-state index contributed by atoms with van der Waals surface area (Å²) in [6.07, 6.45) is 2.85. The smallest absolute Gasteiger partial charge is 0.220 e. The fraction of sp³-hybridized carbons (Fsp3) is 0.889. The van der Waals surface area contributed by atoms with Gasteiger partial charge in [0.2, 0.25) is 5.91 Å². The first-order valence-electron chi connectivity index (χ1n) is 4.59. The lowest BCUT2D eigenvalue weighted by Crippen LogP contribution is -2.28. The highest BCUT2D eigenvalue weighted by atomic mass is 16.5. The molecule has 0 spiro atoms. The van der Waals surface area contributed by atoms with Gasteiger partial charge in [-0.15, -0.1) is 0 Å². The number of ether oxygens (including phenoxy) is 1. The molecule has 74 valence electrons. The van der Waals surface area contributed by atoms with E-state index in [0.29, 0.717) is 13.2 Å². The van der Waals surface area contributed by atoms with Gasteiger partial charge in [-0.25, -0.2) is 0 Å². The molecule has 1 fully saturated rings. The van der Waals surface area contributed by atoms with E-state index in [0.717, 1.165) is 12.8 Å². The van der Waals surface area contributed by atoms with Gasteiger partial charge < -0.3 is 10.5 Å². The molecule has 1 rings (SSSR count). The topological polar surface area (TPSA) is 52.3 Å². The zero-order chi connectivity index (χ0) is 9.40. The largest absolute Gasteiger partial charge is 0.381 e. The van der Waals surface area contributed by atoms with E-state index < -0.39 is 0 Å². The Morgan fingerprint density at radius 3 is 2.17 bits per heavy atom. The number of hydrogen-bond acceptors (Lipinski definition) is 2. The highest BCUT2D eigenvalue weighted by molar-refractivity contribution is 5.76. The number of carbonyl (C=O) groups is 1. The molecule has 0 aromatic rings. The Labute approximate surface area is 75.8 Å². The van der Waals surface area contributed by atoms with Crippen LogP contribution in [0.5, 0.6) is 0 Å². The third-order valence-electron chi connectivity index (χ3n) is 1.62. The third kappa shape index (κ3) is 5.13. The third-order valence-corrected chi connectivity index (χ3v) is 1.62. The maximum atomic E-state index is 10.5. The van der Waals surface area contributed by atoms with Crippen molar-refractivity contribution in [3.8, 4) is 0 Å². The van der Waals surface area contributed by atoms with E-state index in [4.69, 9.17) is 10.5 Å². The number of carbonyl (C=O) groups excluding carboxylic acids is 1. The molecule has 0 saturated carbocycles. The second kappa shape index (κ2) is 7.10. The lowest BCUT2D eigenvalue weighted by Gasteiger charge is -2.18. The summed E-state index contributed by atoms with van der Waals surface area (Å²) >= 11 is 0. The number of rotatable bonds is 1. The molecular formula is C9H21NO2. The van der Waals surface area contributed by atoms with Gasteiger partial charge in [0.05, 0.1) is 0 Å². The molecule has 3 heteroatoms. The van der Waals surface area contributed by atoms with Crippen molar-refractivity contribution in [1.82, 2.24) is 0 Å². The fourth-order valence-corrected chi connectivity index (χ4v) is 0.982. The van der Waals surface area contributed by atoms with Crippen LogP contribution in [-0.4, -0.2) is 19.1 Å². The molecule has 0 atom stereocenters. The summed E-state index contributed by atoms with van der Waals surface area (Å²) in [6, 6.07) is 0. The van der Waals surface area contributed by atoms with Crippen LogP contribution in [-0.2, 0) is 9.53 Å². The van der Waals surface area contributed by atoms with E-state index in [1.165, 1.54) is 6.42 Å². The van der Waals surface area contributed by atoms with Crippen LogP contribution in [0, 0.1) is 5.92 Å². The molecule has 12 heavy (non-hydrogen) atoms. The Morgan fingerprint density at radius 2 is 1.92 bits per heavy atom. The predicted octanol–water partition coefficient (Wildman–Crippen LogP) is 1.56. The van der Waals surface area contributed by atoms with Crippen LogP contribution in [0.4, 0.5) is 0 Å². The van der Waals surface area contributed by atoms with Crippen LogP contribution in [0.1, 0.15) is 34.5 Å². The van der Waals surface area contributed by atoms with Crippen LogP contribution in [0.2, 0.25) is 0 Å². The average Bonchev–Trinajstić information content (AvgIpc) is 2.07. The number of hydrogen-bond donors (Lipinski definition) is 1. The van der Waals surface area contributed by atoms with E-state index >= 15 is 0 Å². The zero-order valence-corrected chi connectivity index (χ0v) is 8.01. The Kier molecular flexibility index (Phi) is 6.76. The second-order valence-corrected chi connectivity index (χ2v) is 3.00. The van der Waals surface area contributed by atoms with Gasteiger partial charge in [0.25, 0.3) is 0 Å². The first-order valence-corrected chi connectivity index (χ1v) is 4.59. The SMILES string of the molecule is CCC.NC(=O)C1CCOCC1.[HH]. The molecule has 0 aromatic carbocycles. The highest BCUT2D eigenvalue weighted by Crippen LogP contribution is 2.12. The minimum absolute atomic E-state index is 0. The van der Waals surface area contributed by atoms with Crippen LogP contribution in [0.25, 0.3) is 0 Å². The normalized spacial score (nSPS) is 17.8. The molecule has 1 saturated heterocycles. The van der Waals surface area contributed by atoms with E-state index in [-0.39, 0.29) is 13.3 Å². The van der Waals surface area contributed by atoms with Gasteiger partial charge in [-0.3, -0.25) is 4.79 Å². The first kappa shape index (κ1) is 11.4. The second-order valence-electron chi connectivity index (χ2n) is 3.00. The highest BCUT2D eigenvalue weighted by Gasteiger charge is 2.17. The van der Waals surface area contributed by atoms with Gasteiger partial charge in [-0.2, -0.15) is 0 Å². The molecule has 0 unspecified atom stereocenters. The summed E-state index contributed by atoms with van der Waals surface area (Å²) in [6.45, 7) is 5.63. The van der Waals surface area contributed by atoms with Gasteiger partial charge in [0.1, 0.15) is 0 Å². The molecule has 1 aliphatic rings. The van der Waals surface area contributed by atoms with E-state index in [2.05, 4.69) is 13.8 Å². The van der Waals surface area contributed by atoms with Crippen molar-refractivity contribution in [3.05, 3.63) is 0 Å². The maximum absolute atomic E-state index is 10.5. The van der Waals surface area contributed by atoms with Crippen LogP contribution >= 0.6 is 0 Å². The van der Waals surface area contributed by atoms with Gasteiger partial charge in [0.15, 0.2) is 0 Å². The Balaban J connectivity index is 0. The first-order chi connectivity index (χ1) is 5.72. The summed E-state index contributed by atoms with van der Waals surface area (Å²) < 4.78 is 5.04. The van der Waals surface area contributed by atoms with Crippen molar-refractivity contribution >= 4 is 5.91 Å². The Hall–Kier alpha value is -0.570. The van der Waals surface area contributed by atoms with Crippen molar-refractivity contribution < 1.29 is 11.0 Å². The standard InChI is InChI=1S/C6H11NO2.C3H8.H2/c7-6(8)5-1-3-9-4-2-5;1-3-2;/h5H,1-4H2,(H2,7,8);3H2,1-2H3;1H. The summed E-state index contributed by atoms with van der Waals surface area (Å²) in [5.41, 5.74) is 5.07. The van der Waals surface area contributed by atoms with Crippen LogP contribution in [0.15, 0.2) is 0 Å². The molecule has 2 N–H and O–H groups in total. The van der Waals surface area contributed by atoms with Gasteiger partial charge in [-0.1, -0.05) is 20.3 Å². The molecular weight excluding hydrogens is 154 g/mol. The van der Waals surface area contributed by atoms with Gasteiger partial charge in [0, 0.05) is 20.6 Å². The summed E-state index contributed by atoms with van der Waals surface area (Å²) in [5.74, 6) is -0.114. The van der Waals surface area contributed by atoms with E-state index in [1.54, 1.807) is 0 Å². The summed E-state index contributed by atoms with van der Waals surface area (Å²) in [4.78, 5) is 10.5. The molecule has 0 radical (unpaired) electrons. The van der Waals surface area contributed by atoms with Crippen LogP contribution in [0.3, 0.4) is 0 Å². The zero-order valence-electron chi connectivity index (χ0n) is 8.01. The van der Waals surface area contributed by atoms with E-state index in [9.17, 15) is 4.79 Å². The van der Waals surface area contributed by atoms with Crippen molar-refractivity contribution in [2.45, 2.75) is 33.1 Å². The number of amides is 1. The minimum Gasteiger partial charge on any atom is -0.381 e. The minimum atomic E-state index is -0.182. The number of primary amides is 1. The van der Waals surface area contributed by atoms with Gasteiger partial charge in [-0.05, 0) is 12.8 Å². The monoisotopic (exact) mass is 175 g/mol. The molecule has 0 aromatic heterocycles. The van der Waals surface area contributed by atoms with Crippen molar-refractivity contribution in [3.63, 3.8) is 0 Å². The van der Waals surface area contributed by atoms with Crippen molar-refractivity contribution in [1.29, 1.82) is 0 Å².